The van der Waals surface area contributed by atoms with Crippen molar-refractivity contribution in [2.45, 2.75) is 6.04 Å². The number of urea groups is 1. The number of rotatable bonds is 7. The lowest BCUT2D eigenvalue weighted by atomic mass is 9.92. The number of benzene rings is 3. The fraction of sp³-hybridized carbons (Fsp3) is 0.222. The lowest BCUT2D eigenvalue weighted by molar-refractivity contribution is -0.785. The molecule has 1 aliphatic rings. The third-order valence-electron chi connectivity index (χ3n) is 6.38. The second-order valence-electron chi connectivity index (χ2n) is 9.71. The highest BCUT2D eigenvalue weighted by molar-refractivity contribution is 8.00. The Balaban J connectivity index is 1.68. The normalized spacial score (nSPS) is 14.2. The number of hydrogen-bond donors (Lipinski definition) is 3. The Morgan fingerprint density at radius 2 is 1.47 bits per heavy atom. The van der Waals surface area contributed by atoms with E-state index in [9.17, 15) is 13.2 Å². The van der Waals surface area contributed by atoms with E-state index in [4.69, 9.17) is 29.0 Å². The molecular weight excluding hydrogens is 545 g/mol. The van der Waals surface area contributed by atoms with Crippen LogP contribution in [0.3, 0.4) is 0 Å². The van der Waals surface area contributed by atoms with Crippen LogP contribution in [0.1, 0.15) is 22.7 Å². The van der Waals surface area contributed by atoms with Crippen LogP contribution in [0.15, 0.2) is 78.4 Å². The third-order valence-corrected chi connectivity index (χ3v) is 8.15. The van der Waals surface area contributed by atoms with Crippen LogP contribution in [0.4, 0.5) is 10.5 Å². The zero-order valence-corrected chi connectivity index (χ0v) is 23.6. The molecule has 1 fully saturated rings. The molecular formula is C27H30Cl2N5O3S+. The topological polar surface area (TPSA) is 105 Å². The van der Waals surface area contributed by atoms with E-state index in [2.05, 4.69) is 15.8 Å². The molecule has 1 heterocycles. The van der Waals surface area contributed by atoms with E-state index in [1.807, 2.05) is 48.5 Å². The number of hydrazine groups is 1. The van der Waals surface area contributed by atoms with Crippen LogP contribution in [0.25, 0.3) is 4.91 Å². The van der Waals surface area contributed by atoms with Crippen LogP contribution in [0.5, 0.6) is 0 Å². The van der Waals surface area contributed by atoms with Gasteiger partial charge in [0.05, 0.1) is 16.6 Å². The average molecular weight is 576 g/mol. The molecule has 8 nitrogen and oxygen atoms in total. The molecule has 1 saturated heterocycles. The van der Waals surface area contributed by atoms with Gasteiger partial charge in [-0.2, -0.15) is 0 Å². The first-order valence-corrected chi connectivity index (χ1v) is 14.4. The molecule has 11 heteroatoms. The number of halogens is 2. The number of carbonyl (C=O) groups is 1. The summed E-state index contributed by atoms with van der Waals surface area (Å²) in [6, 6.07) is 21.8. The Morgan fingerprint density at radius 1 is 0.947 bits per heavy atom. The first-order valence-electron chi connectivity index (χ1n) is 11.8. The number of likely N-dealkylation sites (tertiary alicyclic amines) is 1. The molecule has 1 aliphatic heterocycles. The summed E-state index contributed by atoms with van der Waals surface area (Å²) < 4.78 is 25.7. The van der Waals surface area contributed by atoms with Gasteiger partial charge in [0.15, 0.2) is 9.84 Å². The van der Waals surface area contributed by atoms with Crippen molar-refractivity contribution >= 4 is 49.7 Å². The monoisotopic (exact) mass is 574 g/mol. The lowest BCUT2D eigenvalue weighted by Gasteiger charge is -2.42. The molecule has 3 aromatic carbocycles. The summed E-state index contributed by atoms with van der Waals surface area (Å²) in [5, 5.41) is 1.29. The molecule has 200 valence electrons. The van der Waals surface area contributed by atoms with Gasteiger partial charge in [-0.15, -0.1) is 4.59 Å². The predicted molar refractivity (Wildman–Crippen MR) is 153 cm³/mol. The molecule has 3 aromatic rings. The molecule has 0 unspecified atom stereocenters. The minimum Gasteiger partial charge on any atom is -0.284 e. The standard InChI is InChI=1S/C27H29Cl2N5O3S/c1-34(2,27(35)31-30)32-24-6-4-5-20(15-24)26(38(3,36)37)21-16-33(17-21)25(18-7-11-22(28)12-8-18)19-9-13-23(29)14-10-19/h4-15,25,32H,16-17,30H2,1-3H3/p+1. The van der Waals surface area contributed by atoms with E-state index in [0.717, 1.165) is 16.7 Å². The minimum absolute atomic E-state index is 0.102. The number of nitrogens with one attached hydrogen (secondary N) is 2. The number of hydrogen-bond acceptors (Lipinski definition) is 6. The summed E-state index contributed by atoms with van der Waals surface area (Å²) in [6.45, 7) is 0.931. The van der Waals surface area contributed by atoms with Crippen molar-refractivity contribution in [3.63, 3.8) is 0 Å². The number of anilines is 1. The molecule has 38 heavy (non-hydrogen) atoms. The number of nitrogens with two attached hydrogens (primary N) is 1. The summed E-state index contributed by atoms with van der Waals surface area (Å²) in [4.78, 5) is 14.6. The fourth-order valence-electron chi connectivity index (χ4n) is 4.62. The third kappa shape index (κ3) is 6.20. The zero-order chi connectivity index (χ0) is 27.7. The number of carbonyl (C=O) groups excluding carboxylic acids is 1. The minimum atomic E-state index is -3.56. The summed E-state index contributed by atoms with van der Waals surface area (Å²) in [5.41, 5.74) is 9.21. The van der Waals surface area contributed by atoms with Gasteiger partial charge in [0.25, 0.3) is 0 Å². The van der Waals surface area contributed by atoms with E-state index in [1.54, 1.807) is 38.4 Å². The quantitative estimate of drug-likeness (QED) is 0.161. The van der Waals surface area contributed by atoms with Gasteiger partial charge in [-0.25, -0.2) is 29.9 Å². The van der Waals surface area contributed by atoms with Crippen molar-refractivity contribution in [2.24, 2.45) is 5.84 Å². The Hall–Kier alpha value is -2.92. The van der Waals surface area contributed by atoms with Gasteiger partial charge >= 0.3 is 6.03 Å². The van der Waals surface area contributed by atoms with E-state index in [-0.39, 0.29) is 15.5 Å². The van der Waals surface area contributed by atoms with E-state index < -0.39 is 15.9 Å². The maximum Gasteiger partial charge on any atom is 0.454 e. The highest BCUT2D eigenvalue weighted by Gasteiger charge is 2.35. The van der Waals surface area contributed by atoms with Crippen molar-refractivity contribution in [1.29, 1.82) is 0 Å². The molecule has 4 N–H and O–H groups in total. The second-order valence-corrected chi connectivity index (χ2v) is 12.5. The molecule has 0 radical (unpaired) electrons. The number of quaternary nitrogens is 1. The molecule has 4 rings (SSSR count). The Labute approximate surface area is 233 Å². The molecule has 0 saturated carbocycles. The Kier molecular flexibility index (Phi) is 8.17. The molecule has 0 bridgehead atoms. The van der Waals surface area contributed by atoms with Gasteiger partial charge in [0, 0.05) is 29.4 Å². The molecule has 2 amide bonds. The molecule has 0 spiro atoms. The predicted octanol–water partition coefficient (Wildman–Crippen LogP) is 4.84. The molecule has 0 aromatic heterocycles. The van der Waals surface area contributed by atoms with Gasteiger partial charge in [-0.1, -0.05) is 59.6 Å². The van der Waals surface area contributed by atoms with Crippen molar-refractivity contribution in [3.8, 4) is 0 Å². The van der Waals surface area contributed by atoms with Crippen molar-refractivity contribution in [1.82, 2.24) is 10.3 Å². The Morgan fingerprint density at radius 3 is 1.95 bits per heavy atom. The number of amides is 2. The van der Waals surface area contributed by atoms with E-state index in [0.29, 0.717) is 34.4 Å². The first-order chi connectivity index (χ1) is 17.9. The molecule has 0 atom stereocenters. The van der Waals surface area contributed by atoms with Crippen LogP contribution in [-0.2, 0) is 9.84 Å². The highest BCUT2D eigenvalue weighted by Crippen LogP contribution is 2.39. The van der Waals surface area contributed by atoms with Gasteiger partial charge < -0.3 is 0 Å². The fourth-order valence-corrected chi connectivity index (χ4v) is 6.08. The second kappa shape index (κ2) is 11.1. The largest absolute Gasteiger partial charge is 0.454 e. The summed E-state index contributed by atoms with van der Waals surface area (Å²) in [5.74, 6) is 5.29. The Bertz CT molecular complexity index is 1420. The highest BCUT2D eigenvalue weighted by atomic mass is 35.5. The average Bonchev–Trinajstić information content (AvgIpc) is 2.83. The van der Waals surface area contributed by atoms with Crippen LogP contribution >= 0.6 is 23.2 Å². The number of sulfone groups is 1. The van der Waals surface area contributed by atoms with E-state index in [1.165, 1.54) is 6.26 Å². The van der Waals surface area contributed by atoms with E-state index >= 15 is 0 Å². The number of nitrogens with zero attached hydrogens (tertiary/aromatic N) is 2. The van der Waals surface area contributed by atoms with Gasteiger partial charge in [0.1, 0.15) is 14.1 Å². The zero-order valence-electron chi connectivity index (χ0n) is 21.3. The van der Waals surface area contributed by atoms with Crippen molar-refractivity contribution in [3.05, 3.63) is 105 Å². The summed E-state index contributed by atoms with van der Waals surface area (Å²) >= 11 is 12.3. The first kappa shape index (κ1) is 28.1. The summed E-state index contributed by atoms with van der Waals surface area (Å²) in [6.07, 6.45) is 1.22. The van der Waals surface area contributed by atoms with Crippen molar-refractivity contribution < 1.29 is 17.8 Å². The van der Waals surface area contributed by atoms with Gasteiger partial charge in [-0.05, 0) is 58.7 Å². The maximum atomic E-state index is 13.0. The van der Waals surface area contributed by atoms with Crippen LogP contribution in [-0.4, -0.2) is 57.4 Å². The molecule has 0 aliphatic carbocycles. The SMILES string of the molecule is C[N+](C)(Nc1cccc(C(=C2CN(C(c3ccc(Cl)cc3)c3ccc(Cl)cc3)C2)S(C)(=O)=O)c1)C(=O)NN. The summed E-state index contributed by atoms with van der Waals surface area (Å²) in [7, 11) is -0.309. The van der Waals surface area contributed by atoms with Crippen LogP contribution < -0.4 is 16.7 Å². The van der Waals surface area contributed by atoms with Crippen LogP contribution in [0, 0.1) is 0 Å². The van der Waals surface area contributed by atoms with Gasteiger partial charge in [0.2, 0.25) is 0 Å². The van der Waals surface area contributed by atoms with Crippen molar-refractivity contribution in [2.75, 3.05) is 38.9 Å². The maximum absolute atomic E-state index is 13.0. The smallest absolute Gasteiger partial charge is 0.284 e. The van der Waals surface area contributed by atoms with Gasteiger partial charge in [-0.3, -0.25) is 4.90 Å². The van der Waals surface area contributed by atoms with Crippen LogP contribution in [0.2, 0.25) is 10.0 Å². The lowest BCUT2D eigenvalue weighted by Crippen LogP contribution is -2.56.